The van der Waals surface area contributed by atoms with Gasteiger partial charge in [-0.2, -0.15) is 0 Å². The van der Waals surface area contributed by atoms with Crippen molar-refractivity contribution in [2.24, 2.45) is 23.7 Å². The van der Waals surface area contributed by atoms with Crippen LogP contribution in [0, 0.1) is 23.7 Å². The summed E-state index contributed by atoms with van der Waals surface area (Å²) in [6.45, 7) is 8.99. The highest BCUT2D eigenvalue weighted by molar-refractivity contribution is 5.83. The van der Waals surface area contributed by atoms with E-state index in [1.165, 1.54) is 5.56 Å². The van der Waals surface area contributed by atoms with E-state index < -0.39 is 11.8 Å². The third-order valence-corrected chi connectivity index (χ3v) is 7.19. The number of esters is 2. The van der Waals surface area contributed by atoms with Crippen molar-refractivity contribution in [3.05, 3.63) is 71.8 Å². The van der Waals surface area contributed by atoms with Crippen molar-refractivity contribution in [2.75, 3.05) is 52.6 Å². The molecule has 0 aliphatic carbocycles. The molecule has 2 fully saturated rings. The molecule has 0 bridgehead atoms. The second-order valence-corrected chi connectivity index (χ2v) is 9.96. The van der Waals surface area contributed by atoms with Gasteiger partial charge in [-0.3, -0.25) is 19.4 Å². The summed E-state index contributed by atoms with van der Waals surface area (Å²) in [5.74, 6) is -1.04. The van der Waals surface area contributed by atoms with Gasteiger partial charge in [0.05, 0.1) is 25.0 Å². The monoisotopic (exact) mass is 526 g/mol. The minimum atomic E-state index is -0.442. The molecule has 4 rings (SSSR count). The van der Waals surface area contributed by atoms with Crippen molar-refractivity contribution in [2.45, 2.75) is 26.9 Å². The Bertz CT molecular complexity index is 935. The Morgan fingerprint density at radius 2 is 1.05 bits per heavy atom. The number of likely N-dealkylation sites (tertiary alicyclic amines) is 2. The molecule has 2 aromatic rings. The Balaban J connectivity index is 0.000000221. The van der Waals surface area contributed by atoms with E-state index in [-0.39, 0.29) is 37.0 Å². The van der Waals surface area contributed by atoms with Crippen LogP contribution in [-0.2, 0) is 32.2 Å². The summed E-state index contributed by atoms with van der Waals surface area (Å²) in [5, 5.41) is 18.4. The summed E-state index contributed by atoms with van der Waals surface area (Å²) in [4.78, 5) is 28.6. The number of aliphatic hydroxyl groups is 2. The molecule has 2 N–H and O–H groups in total. The number of ether oxygens (including phenoxy) is 2. The van der Waals surface area contributed by atoms with Crippen LogP contribution in [0.25, 0.3) is 0 Å². The SMILES string of the molecule is CCOC(=O)[C@@H]1CN(Cc2ccccc2)C[C@H]1C(=O)OCC.OC[C@@H]1CN(Cc2ccccc2)C[C@H]1CO. The van der Waals surface area contributed by atoms with Gasteiger partial charge in [0.2, 0.25) is 0 Å². The van der Waals surface area contributed by atoms with Crippen LogP contribution in [-0.4, -0.2) is 84.6 Å². The molecule has 0 radical (unpaired) electrons. The van der Waals surface area contributed by atoms with Gasteiger partial charge in [0.1, 0.15) is 0 Å². The van der Waals surface area contributed by atoms with E-state index in [9.17, 15) is 19.8 Å². The van der Waals surface area contributed by atoms with Gasteiger partial charge in [-0.25, -0.2) is 0 Å². The highest BCUT2D eigenvalue weighted by Crippen LogP contribution is 2.27. The summed E-state index contributed by atoms with van der Waals surface area (Å²) in [6, 6.07) is 20.3. The zero-order chi connectivity index (χ0) is 27.3. The van der Waals surface area contributed by atoms with E-state index >= 15 is 0 Å². The van der Waals surface area contributed by atoms with Gasteiger partial charge in [0, 0.05) is 64.3 Å². The molecule has 38 heavy (non-hydrogen) atoms. The Kier molecular flexibility index (Phi) is 12.2. The van der Waals surface area contributed by atoms with Gasteiger partial charge in [-0.1, -0.05) is 60.7 Å². The summed E-state index contributed by atoms with van der Waals surface area (Å²) in [5.41, 5.74) is 2.45. The van der Waals surface area contributed by atoms with Crippen LogP contribution in [0.1, 0.15) is 25.0 Å². The molecule has 4 atom stereocenters. The second-order valence-electron chi connectivity index (χ2n) is 9.96. The lowest BCUT2D eigenvalue weighted by molar-refractivity contribution is -0.157. The molecule has 2 aromatic carbocycles. The second kappa shape index (κ2) is 15.6. The molecule has 0 spiro atoms. The fourth-order valence-electron chi connectivity index (χ4n) is 5.25. The Morgan fingerprint density at radius 1 is 0.684 bits per heavy atom. The molecule has 0 aromatic heterocycles. The fourth-order valence-corrected chi connectivity index (χ4v) is 5.25. The largest absolute Gasteiger partial charge is 0.466 e. The van der Waals surface area contributed by atoms with Crippen molar-refractivity contribution in [3.63, 3.8) is 0 Å². The van der Waals surface area contributed by atoms with E-state index in [2.05, 4.69) is 21.9 Å². The van der Waals surface area contributed by atoms with Crippen LogP contribution < -0.4 is 0 Å². The van der Waals surface area contributed by atoms with Gasteiger partial charge < -0.3 is 19.7 Å². The number of benzene rings is 2. The minimum Gasteiger partial charge on any atom is -0.466 e. The molecule has 2 saturated heterocycles. The van der Waals surface area contributed by atoms with Crippen LogP contribution in [0.15, 0.2) is 60.7 Å². The summed E-state index contributed by atoms with van der Waals surface area (Å²) >= 11 is 0. The first-order chi connectivity index (χ1) is 18.5. The number of carbonyl (C=O) groups excluding carboxylic acids is 2. The van der Waals surface area contributed by atoms with E-state index in [0.717, 1.165) is 25.2 Å². The number of nitrogens with zero attached hydrogens (tertiary/aromatic N) is 2. The molecular formula is C30H42N2O6. The molecular weight excluding hydrogens is 484 g/mol. The van der Waals surface area contributed by atoms with Crippen molar-refractivity contribution >= 4 is 11.9 Å². The molecule has 0 saturated carbocycles. The third-order valence-electron chi connectivity index (χ3n) is 7.19. The lowest BCUT2D eigenvalue weighted by atomic mass is 9.96. The van der Waals surface area contributed by atoms with Crippen LogP contribution in [0.5, 0.6) is 0 Å². The van der Waals surface area contributed by atoms with E-state index in [1.807, 2.05) is 48.5 Å². The van der Waals surface area contributed by atoms with Gasteiger partial charge in [-0.05, 0) is 25.0 Å². The maximum absolute atomic E-state index is 12.1. The Morgan fingerprint density at radius 3 is 1.39 bits per heavy atom. The normalized spacial score (nSPS) is 23.5. The quantitative estimate of drug-likeness (QED) is 0.456. The van der Waals surface area contributed by atoms with Crippen molar-refractivity contribution in [1.29, 1.82) is 0 Å². The number of hydrogen-bond acceptors (Lipinski definition) is 8. The van der Waals surface area contributed by atoms with Crippen LogP contribution in [0.2, 0.25) is 0 Å². The van der Waals surface area contributed by atoms with Crippen molar-refractivity contribution < 1.29 is 29.3 Å². The molecule has 2 heterocycles. The maximum atomic E-state index is 12.1. The smallest absolute Gasteiger partial charge is 0.311 e. The van der Waals surface area contributed by atoms with E-state index in [1.54, 1.807) is 13.8 Å². The molecule has 0 unspecified atom stereocenters. The Labute approximate surface area is 226 Å². The third kappa shape index (κ3) is 8.63. The van der Waals surface area contributed by atoms with Crippen LogP contribution in [0.4, 0.5) is 0 Å². The van der Waals surface area contributed by atoms with E-state index in [4.69, 9.17) is 9.47 Å². The summed E-state index contributed by atoms with van der Waals surface area (Å²) < 4.78 is 10.2. The van der Waals surface area contributed by atoms with Crippen LogP contribution >= 0.6 is 0 Å². The zero-order valence-electron chi connectivity index (χ0n) is 22.6. The van der Waals surface area contributed by atoms with Gasteiger partial charge in [0.25, 0.3) is 0 Å². The summed E-state index contributed by atoms with van der Waals surface area (Å²) in [7, 11) is 0. The highest BCUT2D eigenvalue weighted by atomic mass is 16.5. The fraction of sp³-hybridized carbons (Fsp3) is 0.533. The van der Waals surface area contributed by atoms with Gasteiger partial charge in [0.15, 0.2) is 0 Å². The molecule has 0 amide bonds. The average Bonchev–Trinajstić information content (AvgIpc) is 3.54. The zero-order valence-corrected chi connectivity index (χ0v) is 22.6. The number of aliphatic hydroxyl groups excluding tert-OH is 2. The first-order valence-electron chi connectivity index (χ1n) is 13.6. The summed E-state index contributed by atoms with van der Waals surface area (Å²) in [6.07, 6.45) is 0. The molecule has 8 heteroatoms. The highest BCUT2D eigenvalue weighted by Gasteiger charge is 2.43. The number of hydrogen-bond donors (Lipinski definition) is 2. The van der Waals surface area contributed by atoms with Crippen molar-refractivity contribution in [1.82, 2.24) is 9.80 Å². The van der Waals surface area contributed by atoms with E-state index in [0.29, 0.717) is 32.8 Å². The number of carbonyl (C=O) groups is 2. The van der Waals surface area contributed by atoms with Gasteiger partial charge >= 0.3 is 11.9 Å². The standard InChI is InChI=1S/C17H23NO4.C13H19NO2/c1-3-21-16(19)14-11-18(10-13-8-6-5-7-9-13)12-15(14)17(20)22-4-2;15-9-12-7-14(8-13(12)10-16)6-11-4-2-1-3-5-11/h5-9,14-15H,3-4,10-12H2,1-2H3;1-5,12-13,15-16H,6-10H2/t14-,15-;12-,13-/m10/s1. The minimum absolute atomic E-state index is 0.177. The first kappa shape index (κ1) is 29.8. The predicted molar refractivity (Wildman–Crippen MR) is 145 cm³/mol. The van der Waals surface area contributed by atoms with Crippen molar-refractivity contribution in [3.8, 4) is 0 Å². The molecule has 2 aliphatic heterocycles. The predicted octanol–water partition coefficient (Wildman–Crippen LogP) is 2.58. The lowest BCUT2D eigenvalue weighted by Gasteiger charge is -2.15. The Hall–Kier alpha value is -2.78. The lowest BCUT2D eigenvalue weighted by Crippen LogP contribution is -2.31. The topological polar surface area (TPSA) is 99.5 Å². The number of rotatable bonds is 10. The molecule has 208 valence electrons. The van der Waals surface area contributed by atoms with Gasteiger partial charge in [-0.15, -0.1) is 0 Å². The first-order valence-corrected chi connectivity index (χ1v) is 13.6. The molecule has 2 aliphatic rings. The van der Waals surface area contributed by atoms with Crippen LogP contribution in [0.3, 0.4) is 0 Å². The average molecular weight is 527 g/mol. The maximum Gasteiger partial charge on any atom is 0.311 e. The molecule has 8 nitrogen and oxygen atoms in total.